The highest BCUT2D eigenvalue weighted by Crippen LogP contribution is 2.28. The second kappa shape index (κ2) is 4.38. The maximum absolute atomic E-state index is 5.90. The van der Waals surface area contributed by atoms with Gasteiger partial charge in [-0.05, 0) is 40.0 Å². The molecule has 1 heterocycles. The zero-order valence-corrected chi connectivity index (χ0v) is 10.9. The van der Waals surface area contributed by atoms with Crippen LogP contribution in [-0.2, 0) is 5.54 Å². The van der Waals surface area contributed by atoms with Crippen LogP contribution >= 0.6 is 0 Å². The van der Waals surface area contributed by atoms with Crippen LogP contribution in [0, 0.1) is 6.92 Å². The fourth-order valence-electron chi connectivity index (χ4n) is 1.67. The Balaban J connectivity index is 2.33. The van der Waals surface area contributed by atoms with Gasteiger partial charge < -0.3 is 9.73 Å². The van der Waals surface area contributed by atoms with Gasteiger partial charge in [0.05, 0.1) is 5.54 Å². The van der Waals surface area contributed by atoms with Crippen molar-refractivity contribution in [1.29, 1.82) is 0 Å². The van der Waals surface area contributed by atoms with Crippen molar-refractivity contribution in [1.82, 2.24) is 5.32 Å². The summed E-state index contributed by atoms with van der Waals surface area (Å²) in [7, 11) is 1.94. The van der Waals surface area contributed by atoms with Crippen molar-refractivity contribution in [2.24, 2.45) is 0 Å². The van der Waals surface area contributed by atoms with E-state index in [1.807, 2.05) is 19.2 Å². The van der Waals surface area contributed by atoms with E-state index in [1.165, 1.54) is 5.56 Å². The number of benzene rings is 1. The summed E-state index contributed by atoms with van der Waals surface area (Å²) in [5.74, 6) is 1.87. The van der Waals surface area contributed by atoms with E-state index in [4.69, 9.17) is 4.42 Å². The van der Waals surface area contributed by atoms with Gasteiger partial charge in [0.15, 0.2) is 0 Å². The average Bonchev–Trinajstić information content (AvgIpc) is 2.80. The third-order valence-electron chi connectivity index (χ3n) is 3.18. The Morgan fingerprint density at radius 2 is 1.65 bits per heavy atom. The van der Waals surface area contributed by atoms with Crippen molar-refractivity contribution in [3.05, 3.63) is 47.7 Å². The molecule has 2 nitrogen and oxygen atoms in total. The van der Waals surface area contributed by atoms with Crippen molar-refractivity contribution in [2.45, 2.75) is 26.3 Å². The summed E-state index contributed by atoms with van der Waals surface area (Å²) in [6.45, 7) is 6.29. The molecule has 1 N–H and O–H groups in total. The van der Waals surface area contributed by atoms with E-state index in [0.717, 1.165) is 17.1 Å². The normalized spacial score (nSPS) is 11.8. The Kier molecular flexibility index (Phi) is 3.07. The first-order valence-electron chi connectivity index (χ1n) is 5.89. The van der Waals surface area contributed by atoms with E-state index in [0.29, 0.717) is 0 Å². The zero-order valence-electron chi connectivity index (χ0n) is 10.9. The van der Waals surface area contributed by atoms with Crippen LogP contribution in [-0.4, -0.2) is 7.05 Å². The Bertz CT molecular complexity index is 494. The molecule has 0 unspecified atom stereocenters. The van der Waals surface area contributed by atoms with Crippen molar-refractivity contribution < 1.29 is 4.42 Å². The molecule has 0 aliphatic carbocycles. The predicted octanol–water partition coefficient (Wildman–Crippen LogP) is 3.71. The lowest BCUT2D eigenvalue weighted by atomic mass is 10.0. The molecule has 2 heteroatoms. The lowest BCUT2D eigenvalue weighted by molar-refractivity contribution is 0.346. The number of rotatable bonds is 3. The van der Waals surface area contributed by atoms with Crippen LogP contribution in [0.3, 0.4) is 0 Å². The monoisotopic (exact) mass is 229 g/mol. The molecule has 0 saturated heterocycles. The molecule has 0 amide bonds. The Labute approximate surface area is 103 Å². The molecule has 0 fully saturated rings. The average molecular weight is 229 g/mol. The summed E-state index contributed by atoms with van der Waals surface area (Å²) in [6.07, 6.45) is 0. The van der Waals surface area contributed by atoms with Gasteiger partial charge in [0.2, 0.25) is 0 Å². The molecular formula is C15H19NO. The molecule has 0 aliphatic rings. The van der Waals surface area contributed by atoms with Gasteiger partial charge in [-0.1, -0.05) is 29.8 Å². The second-order valence-electron chi connectivity index (χ2n) is 4.90. The third-order valence-corrected chi connectivity index (χ3v) is 3.18. The SMILES string of the molecule is CNC(C)(C)c1ccc(-c2ccc(C)cc2)o1. The number of nitrogens with one attached hydrogen (secondary N) is 1. The number of hydrogen-bond donors (Lipinski definition) is 1. The van der Waals surface area contributed by atoms with Crippen LogP contribution in [0.1, 0.15) is 25.2 Å². The van der Waals surface area contributed by atoms with Crippen LogP contribution in [0.5, 0.6) is 0 Å². The quantitative estimate of drug-likeness (QED) is 0.868. The van der Waals surface area contributed by atoms with Gasteiger partial charge in [-0.15, -0.1) is 0 Å². The molecule has 0 aliphatic heterocycles. The minimum Gasteiger partial charge on any atom is -0.459 e. The summed E-state index contributed by atoms with van der Waals surface area (Å²) in [6, 6.07) is 12.4. The molecule has 0 spiro atoms. The van der Waals surface area contributed by atoms with E-state index >= 15 is 0 Å². The molecule has 0 bridgehead atoms. The minimum atomic E-state index is -0.136. The number of aryl methyl sites for hydroxylation is 1. The van der Waals surface area contributed by atoms with Crippen molar-refractivity contribution >= 4 is 0 Å². The zero-order chi connectivity index (χ0) is 12.5. The number of furan rings is 1. The fourth-order valence-corrected chi connectivity index (χ4v) is 1.67. The van der Waals surface area contributed by atoms with Crippen LogP contribution < -0.4 is 5.32 Å². The van der Waals surface area contributed by atoms with Gasteiger partial charge in [-0.2, -0.15) is 0 Å². The maximum atomic E-state index is 5.90. The summed E-state index contributed by atoms with van der Waals surface area (Å²) in [4.78, 5) is 0. The van der Waals surface area contributed by atoms with E-state index in [2.05, 4.69) is 50.4 Å². The molecule has 2 rings (SSSR count). The smallest absolute Gasteiger partial charge is 0.134 e. The molecule has 90 valence electrons. The van der Waals surface area contributed by atoms with Gasteiger partial charge in [-0.25, -0.2) is 0 Å². The van der Waals surface area contributed by atoms with E-state index in [9.17, 15) is 0 Å². The molecule has 0 atom stereocenters. The molecule has 0 saturated carbocycles. The predicted molar refractivity (Wildman–Crippen MR) is 71.0 cm³/mol. The largest absolute Gasteiger partial charge is 0.459 e. The van der Waals surface area contributed by atoms with Crippen LogP contribution in [0.25, 0.3) is 11.3 Å². The highest BCUT2D eigenvalue weighted by Gasteiger charge is 2.22. The Morgan fingerprint density at radius 1 is 1.00 bits per heavy atom. The van der Waals surface area contributed by atoms with E-state index in [1.54, 1.807) is 0 Å². The molecule has 1 aromatic heterocycles. The second-order valence-corrected chi connectivity index (χ2v) is 4.90. The Hall–Kier alpha value is -1.54. The highest BCUT2D eigenvalue weighted by atomic mass is 16.3. The van der Waals surface area contributed by atoms with E-state index in [-0.39, 0.29) is 5.54 Å². The highest BCUT2D eigenvalue weighted by molar-refractivity contribution is 5.58. The molecular weight excluding hydrogens is 210 g/mol. The summed E-state index contributed by atoms with van der Waals surface area (Å²) < 4.78 is 5.90. The topological polar surface area (TPSA) is 25.2 Å². The first-order chi connectivity index (χ1) is 8.03. The summed E-state index contributed by atoms with van der Waals surface area (Å²) >= 11 is 0. The third kappa shape index (κ3) is 2.42. The molecule has 0 radical (unpaired) electrons. The van der Waals surface area contributed by atoms with Crippen LogP contribution in [0.4, 0.5) is 0 Å². The summed E-state index contributed by atoms with van der Waals surface area (Å²) in [5, 5.41) is 3.24. The Morgan fingerprint density at radius 3 is 2.24 bits per heavy atom. The van der Waals surface area contributed by atoms with Crippen LogP contribution in [0.2, 0.25) is 0 Å². The lowest BCUT2D eigenvalue weighted by Crippen LogP contribution is -2.32. The van der Waals surface area contributed by atoms with Crippen molar-refractivity contribution in [3.63, 3.8) is 0 Å². The van der Waals surface area contributed by atoms with E-state index < -0.39 is 0 Å². The van der Waals surface area contributed by atoms with Gasteiger partial charge in [-0.3, -0.25) is 0 Å². The number of hydrogen-bond acceptors (Lipinski definition) is 2. The fraction of sp³-hybridized carbons (Fsp3) is 0.333. The van der Waals surface area contributed by atoms with Gasteiger partial charge in [0.25, 0.3) is 0 Å². The van der Waals surface area contributed by atoms with Crippen LogP contribution in [0.15, 0.2) is 40.8 Å². The first-order valence-corrected chi connectivity index (χ1v) is 5.89. The van der Waals surface area contributed by atoms with Gasteiger partial charge in [0.1, 0.15) is 11.5 Å². The maximum Gasteiger partial charge on any atom is 0.134 e. The first kappa shape index (κ1) is 11.9. The molecule has 2 aromatic rings. The standard InChI is InChI=1S/C15H19NO/c1-11-5-7-12(8-6-11)13-9-10-14(17-13)15(2,3)16-4/h5-10,16H,1-4H3. The van der Waals surface area contributed by atoms with Crippen molar-refractivity contribution in [3.8, 4) is 11.3 Å². The van der Waals surface area contributed by atoms with Crippen molar-refractivity contribution in [2.75, 3.05) is 7.05 Å². The van der Waals surface area contributed by atoms with Gasteiger partial charge in [0, 0.05) is 5.56 Å². The molecule has 17 heavy (non-hydrogen) atoms. The minimum absolute atomic E-state index is 0.136. The summed E-state index contributed by atoms with van der Waals surface area (Å²) in [5.41, 5.74) is 2.24. The lowest BCUT2D eigenvalue weighted by Gasteiger charge is -2.20. The molecule has 1 aromatic carbocycles. The van der Waals surface area contributed by atoms with Gasteiger partial charge >= 0.3 is 0 Å².